The van der Waals surface area contributed by atoms with Crippen molar-refractivity contribution < 1.29 is 18.0 Å². The van der Waals surface area contributed by atoms with E-state index in [9.17, 15) is 18.0 Å². The molecule has 0 aliphatic carbocycles. The molecule has 0 heterocycles. The van der Waals surface area contributed by atoms with E-state index in [1.807, 2.05) is 6.92 Å². The molecule has 0 saturated heterocycles. The van der Waals surface area contributed by atoms with Crippen LogP contribution in [0.25, 0.3) is 0 Å². The molecule has 2 nitrogen and oxygen atoms in total. The quantitative estimate of drug-likeness (QED) is 0.819. The number of carbonyl (C=O) groups excluding carboxylic acids is 1. The number of hydrogen-bond donors (Lipinski definition) is 1. The van der Waals surface area contributed by atoms with E-state index in [1.54, 1.807) is 6.92 Å². The Morgan fingerprint density at radius 3 is 2.57 bits per heavy atom. The van der Waals surface area contributed by atoms with E-state index in [2.05, 4.69) is 12.2 Å². The van der Waals surface area contributed by atoms with Gasteiger partial charge in [-0.25, -0.2) is 0 Å². The molecule has 0 aromatic heterocycles. The van der Waals surface area contributed by atoms with Crippen molar-refractivity contribution >= 4 is 5.91 Å². The highest BCUT2D eigenvalue weighted by Crippen LogP contribution is 2.30. The fourth-order valence-electron chi connectivity index (χ4n) is 2.06. The van der Waals surface area contributed by atoms with Crippen molar-refractivity contribution in [1.29, 1.82) is 0 Å². The zero-order valence-electron chi connectivity index (χ0n) is 12.7. The first-order chi connectivity index (χ1) is 9.75. The number of carbonyl (C=O) groups is 1. The molecule has 1 atom stereocenters. The van der Waals surface area contributed by atoms with Crippen LogP contribution in [0, 0.1) is 12.8 Å². The lowest BCUT2D eigenvalue weighted by Crippen LogP contribution is -2.29. The molecule has 0 aliphatic heterocycles. The second-order valence-electron chi connectivity index (χ2n) is 5.48. The standard InChI is InChI=1S/C16H22F3NO/c1-4-5-6-11(2)10-20-15(21)14-9-13(16(17,18)19)8-7-12(14)3/h7-9,11H,4-6,10H2,1-3H3,(H,20,21)/t11-/m0/s1. The number of benzene rings is 1. The van der Waals surface area contributed by atoms with Gasteiger partial charge in [0.1, 0.15) is 0 Å². The molecule has 5 heteroatoms. The van der Waals surface area contributed by atoms with Gasteiger partial charge in [-0.1, -0.05) is 32.8 Å². The Morgan fingerprint density at radius 1 is 1.33 bits per heavy atom. The molecule has 118 valence electrons. The molecule has 1 rings (SSSR count). The second-order valence-corrected chi connectivity index (χ2v) is 5.48. The van der Waals surface area contributed by atoms with E-state index >= 15 is 0 Å². The van der Waals surface area contributed by atoms with Crippen molar-refractivity contribution in [1.82, 2.24) is 5.32 Å². The summed E-state index contributed by atoms with van der Waals surface area (Å²) in [5, 5.41) is 2.72. The molecule has 0 spiro atoms. The fraction of sp³-hybridized carbons (Fsp3) is 0.562. The zero-order chi connectivity index (χ0) is 16.0. The van der Waals surface area contributed by atoms with Crippen LogP contribution >= 0.6 is 0 Å². The van der Waals surface area contributed by atoms with Gasteiger partial charge in [0.25, 0.3) is 5.91 Å². The zero-order valence-corrected chi connectivity index (χ0v) is 12.7. The third kappa shape index (κ3) is 5.40. The van der Waals surface area contributed by atoms with Gasteiger partial charge in [0.15, 0.2) is 0 Å². The van der Waals surface area contributed by atoms with Gasteiger partial charge in [0.05, 0.1) is 5.56 Å². The van der Waals surface area contributed by atoms with Gasteiger partial charge >= 0.3 is 6.18 Å². The monoisotopic (exact) mass is 301 g/mol. The van der Waals surface area contributed by atoms with Gasteiger partial charge < -0.3 is 5.32 Å². The number of unbranched alkanes of at least 4 members (excludes halogenated alkanes) is 1. The van der Waals surface area contributed by atoms with E-state index in [1.165, 1.54) is 6.07 Å². The minimum atomic E-state index is -4.43. The van der Waals surface area contributed by atoms with Crippen LogP contribution in [0.5, 0.6) is 0 Å². The molecule has 0 fully saturated rings. The van der Waals surface area contributed by atoms with Crippen LogP contribution in [-0.4, -0.2) is 12.5 Å². The highest BCUT2D eigenvalue weighted by atomic mass is 19.4. The number of alkyl halides is 3. The normalized spacial score (nSPS) is 13.0. The second kappa shape index (κ2) is 7.48. The molecule has 0 radical (unpaired) electrons. The van der Waals surface area contributed by atoms with Crippen LogP contribution < -0.4 is 5.32 Å². The Balaban J connectivity index is 2.74. The summed E-state index contributed by atoms with van der Waals surface area (Å²) >= 11 is 0. The van der Waals surface area contributed by atoms with Gasteiger partial charge in [-0.15, -0.1) is 0 Å². The minimum absolute atomic E-state index is 0.0903. The summed E-state index contributed by atoms with van der Waals surface area (Å²) in [6.45, 7) is 6.23. The maximum absolute atomic E-state index is 12.7. The first-order valence-electron chi connectivity index (χ1n) is 7.21. The van der Waals surface area contributed by atoms with E-state index in [0.717, 1.165) is 31.4 Å². The number of amides is 1. The van der Waals surface area contributed by atoms with Gasteiger partial charge in [-0.05, 0) is 37.0 Å². The lowest BCUT2D eigenvalue weighted by molar-refractivity contribution is -0.137. The molecule has 0 bridgehead atoms. The Labute approximate surface area is 123 Å². The van der Waals surface area contributed by atoms with Crippen LogP contribution in [0.1, 0.15) is 54.6 Å². The molecule has 1 amide bonds. The van der Waals surface area contributed by atoms with E-state index < -0.39 is 17.6 Å². The number of nitrogens with one attached hydrogen (secondary N) is 1. The average molecular weight is 301 g/mol. The lowest BCUT2D eigenvalue weighted by atomic mass is 10.0. The number of aryl methyl sites for hydroxylation is 1. The molecular formula is C16H22F3NO. The third-order valence-electron chi connectivity index (χ3n) is 3.47. The van der Waals surface area contributed by atoms with Gasteiger partial charge in [0, 0.05) is 12.1 Å². The average Bonchev–Trinajstić information content (AvgIpc) is 2.41. The predicted molar refractivity (Wildman–Crippen MR) is 77.2 cm³/mol. The minimum Gasteiger partial charge on any atom is -0.352 e. The maximum Gasteiger partial charge on any atom is 0.416 e. The summed E-state index contributed by atoms with van der Waals surface area (Å²) in [6.07, 6.45) is -1.26. The van der Waals surface area contributed by atoms with Crippen LogP contribution in [-0.2, 0) is 6.18 Å². The smallest absolute Gasteiger partial charge is 0.352 e. The summed E-state index contributed by atoms with van der Waals surface area (Å²) in [6, 6.07) is 3.25. The van der Waals surface area contributed by atoms with Crippen LogP contribution in [0.2, 0.25) is 0 Å². The molecule has 0 aliphatic rings. The van der Waals surface area contributed by atoms with Crippen molar-refractivity contribution in [3.8, 4) is 0 Å². The van der Waals surface area contributed by atoms with Crippen molar-refractivity contribution in [2.75, 3.05) is 6.54 Å². The summed E-state index contributed by atoms with van der Waals surface area (Å²) in [7, 11) is 0. The molecule has 1 N–H and O–H groups in total. The first-order valence-corrected chi connectivity index (χ1v) is 7.21. The van der Waals surface area contributed by atoms with Crippen molar-refractivity contribution in [2.24, 2.45) is 5.92 Å². The Bertz CT molecular complexity index is 483. The van der Waals surface area contributed by atoms with E-state index in [0.29, 0.717) is 18.0 Å². The lowest BCUT2D eigenvalue weighted by Gasteiger charge is -2.14. The van der Waals surface area contributed by atoms with E-state index in [-0.39, 0.29) is 5.56 Å². The van der Waals surface area contributed by atoms with Gasteiger partial charge in [-0.2, -0.15) is 13.2 Å². The predicted octanol–water partition coefficient (Wildman–Crippen LogP) is 4.57. The SMILES string of the molecule is CCCC[C@H](C)CNC(=O)c1cc(C(F)(F)F)ccc1C. The number of rotatable bonds is 6. The highest BCUT2D eigenvalue weighted by Gasteiger charge is 2.31. The van der Waals surface area contributed by atoms with E-state index in [4.69, 9.17) is 0 Å². The fourth-order valence-corrected chi connectivity index (χ4v) is 2.06. The Kier molecular flexibility index (Phi) is 6.24. The largest absolute Gasteiger partial charge is 0.416 e. The summed E-state index contributed by atoms with van der Waals surface area (Å²) < 4.78 is 38.1. The topological polar surface area (TPSA) is 29.1 Å². The molecule has 0 unspecified atom stereocenters. The van der Waals surface area contributed by atoms with Crippen molar-refractivity contribution in [3.63, 3.8) is 0 Å². The van der Waals surface area contributed by atoms with Crippen molar-refractivity contribution in [2.45, 2.75) is 46.2 Å². The molecule has 1 aromatic carbocycles. The Hall–Kier alpha value is -1.52. The first kappa shape index (κ1) is 17.5. The molecular weight excluding hydrogens is 279 g/mol. The third-order valence-corrected chi connectivity index (χ3v) is 3.47. The maximum atomic E-state index is 12.7. The Morgan fingerprint density at radius 2 is 2.00 bits per heavy atom. The van der Waals surface area contributed by atoms with Gasteiger partial charge in [0.2, 0.25) is 0 Å². The van der Waals surface area contributed by atoms with Crippen LogP contribution in [0.15, 0.2) is 18.2 Å². The molecule has 1 aromatic rings. The van der Waals surface area contributed by atoms with Gasteiger partial charge in [-0.3, -0.25) is 4.79 Å². The number of halogens is 3. The highest BCUT2D eigenvalue weighted by molar-refractivity contribution is 5.95. The van der Waals surface area contributed by atoms with Crippen LogP contribution in [0.4, 0.5) is 13.2 Å². The van der Waals surface area contributed by atoms with Crippen molar-refractivity contribution in [3.05, 3.63) is 34.9 Å². The molecule has 21 heavy (non-hydrogen) atoms. The van der Waals surface area contributed by atoms with Crippen LogP contribution in [0.3, 0.4) is 0 Å². The summed E-state index contributed by atoms with van der Waals surface area (Å²) in [5.41, 5.74) is -0.161. The number of hydrogen-bond acceptors (Lipinski definition) is 1. The molecule has 0 saturated carbocycles. The summed E-state index contributed by atoms with van der Waals surface area (Å²) in [4.78, 5) is 12.0. The summed E-state index contributed by atoms with van der Waals surface area (Å²) in [5.74, 6) is -0.123.